The van der Waals surface area contributed by atoms with E-state index in [1.54, 1.807) is 23.1 Å². The van der Waals surface area contributed by atoms with Crippen molar-refractivity contribution in [1.29, 1.82) is 0 Å². The number of carbonyl (C=O) groups is 5. The predicted octanol–water partition coefficient (Wildman–Crippen LogP) is 2.47. The van der Waals surface area contributed by atoms with Crippen LogP contribution in [0, 0.1) is 0 Å². The predicted molar refractivity (Wildman–Crippen MR) is 139 cm³/mol. The van der Waals surface area contributed by atoms with E-state index in [0.29, 0.717) is 25.3 Å². The number of nitrogens with zero attached hydrogens (tertiary/aromatic N) is 4. The van der Waals surface area contributed by atoms with Gasteiger partial charge in [-0.05, 0) is 58.2 Å². The number of hydrogen-bond donors (Lipinski definition) is 2. The molecule has 3 aliphatic rings. The molecule has 2 aromatic rings. The van der Waals surface area contributed by atoms with Crippen LogP contribution in [0.5, 0.6) is 0 Å². The van der Waals surface area contributed by atoms with Crippen LogP contribution in [0.25, 0.3) is 0 Å². The molecule has 0 spiro atoms. The van der Waals surface area contributed by atoms with Crippen molar-refractivity contribution in [3.63, 3.8) is 0 Å². The van der Waals surface area contributed by atoms with Crippen molar-refractivity contribution < 1.29 is 28.7 Å². The van der Waals surface area contributed by atoms with Gasteiger partial charge in [0.2, 0.25) is 11.8 Å². The summed E-state index contributed by atoms with van der Waals surface area (Å²) in [5.41, 5.74) is 1.12. The van der Waals surface area contributed by atoms with Crippen LogP contribution < -0.4 is 10.6 Å². The summed E-state index contributed by atoms with van der Waals surface area (Å²) in [5, 5.41) is 10.1. The molecule has 0 bridgehead atoms. The van der Waals surface area contributed by atoms with Crippen molar-refractivity contribution in [3.8, 4) is 0 Å². The van der Waals surface area contributed by atoms with E-state index in [1.165, 1.54) is 0 Å². The number of nitrogens with one attached hydrogen (secondary N) is 2. The third-order valence-electron chi connectivity index (χ3n) is 7.08. The van der Waals surface area contributed by atoms with Crippen LogP contribution in [0.3, 0.4) is 0 Å². The van der Waals surface area contributed by atoms with Gasteiger partial charge >= 0.3 is 6.09 Å². The Morgan fingerprint density at radius 1 is 1.08 bits per heavy atom. The van der Waals surface area contributed by atoms with Gasteiger partial charge in [0.25, 0.3) is 11.8 Å². The molecule has 0 aliphatic carbocycles. The van der Waals surface area contributed by atoms with Gasteiger partial charge in [-0.15, -0.1) is 0 Å². The van der Waals surface area contributed by atoms with Crippen LogP contribution >= 0.6 is 0 Å². The second kappa shape index (κ2) is 10.2. The van der Waals surface area contributed by atoms with Crippen molar-refractivity contribution in [2.24, 2.45) is 0 Å². The fourth-order valence-electron chi connectivity index (χ4n) is 5.16. The summed E-state index contributed by atoms with van der Waals surface area (Å²) >= 11 is 0. The highest BCUT2D eigenvalue weighted by atomic mass is 16.6. The van der Waals surface area contributed by atoms with Gasteiger partial charge in [0.1, 0.15) is 11.6 Å². The maximum atomic E-state index is 13.3. The molecule has 12 heteroatoms. The van der Waals surface area contributed by atoms with Gasteiger partial charge in [-0.25, -0.2) is 4.79 Å². The summed E-state index contributed by atoms with van der Waals surface area (Å²) < 4.78 is 7.37. The zero-order chi connectivity index (χ0) is 27.9. The average molecular weight is 537 g/mol. The van der Waals surface area contributed by atoms with E-state index in [1.807, 2.05) is 37.7 Å². The number of hydrogen-bond acceptors (Lipinski definition) is 8. The van der Waals surface area contributed by atoms with Crippen LogP contribution in [0.15, 0.2) is 30.5 Å². The van der Waals surface area contributed by atoms with Crippen molar-refractivity contribution >= 4 is 35.4 Å². The maximum Gasteiger partial charge on any atom is 0.410 e. The van der Waals surface area contributed by atoms with Gasteiger partial charge in [-0.3, -0.25) is 34.1 Å². The number of anilines is 1. The third kappa shape index (κ3) is 5.36. The summed E-state index contributed by atoms with van der Waals surface area (Å²) in [6.45, 7) is 7.04. The molecule has 1 atom stereocenters. The number of benzene rings is 1. The Morgan fingerprint density at radius 3 is 2.51 bits per heavy atom. The normalized spacial score (nSPS) is 20.2. The smallest absolute Gasteiger partial charge is 0.410 e. The Bertz CT molecular complexity index is 1340. The number of amides is 5. The molecule has 1 aromatic heterocycles. The van der Waals surface area contributed by atoms with E-state index >= 15 is 0 Å². The first-order valence-electron chi connectivity index (χ1n) is 13.1. The van der Waals surface area contributed by atoms with Gasteiger partial charge in [-0.2, -0.15) is 5.10 Å². The first-order chi connectivity index (χ1) is 18.5. The van der Waals surface area contributed by atoms with Gasteiger partial charge in [0.05, 0.1) is 29.4 Å². The molecule has 1 unspecified atom stereocenters. The molecule has 4 heterocycles. The fraction of sp³-hybridized carbons (Fsp3) is 0.481. The summed E-state index contributed by atoms with van der Waals surface area (Å²) in [5.74, 6) is -2.16. The van der Waals surface area contributed by atoms with E-state index in [4.69, 9.17) is 4.74 Å². The molecule has 2 saturated heterocycles. The van der Waals surface area contributed by atoms with E-state index in [-0.39, 0.29) is 36.1 Å². The lowest BCUT2D eigenvalue weighted by molar-refractivity contribution is -0.136. The number of piperidine rings is 2. The second-order valence-electron chi connectivity index (χ2n) is 11.0. The highest BCUT2D eigenvalue weighted by molar-refractivity contribution is 6.25. The van der Waals surface area contributed by atoms with Crippen molar-refractivity contribution in [1.82, 2.24) is 24.9 Å². The van der Waals surface area contributed by atoms with Crippen LogP contribution in [0.1, 0.15) is 78.9 Å². The highest BCUT2D eigenvalue weighted by Gasteiger charge is 2.45. The molecule has 206 valence electrons. The number of likely N-dealkylation sites (tertiary alicyclic amines) is 1. The molecule has 0 saturated carbocycles. The van der Waals surface area contributed by atoms with Gasteiger partial charge < -0.3 is 15.0 Å². The Kier molecular flexibility index (Phi) is 6.87. The van der Waals surface area contributed by atoms with E-state index in [2.05, 4.69) is 15.7 Å². The number of ether oxygens (including phenoxy) is 1. The molecular weight excluding hydrogens is 504 g/mol. The first kappa shape index (κ1) is 26.4. The Morgan fingerprint density at radius 2 is 1.82 bits per heavy atom. The molecular formula is C27H32N6O6. The Balaban J connectivity index is 1.21. The molecule has 1 aromatic carbocycles. The summed E-state index contributed by atoms with van der Waals surface area (Å²) in [4.78, 5) is 65.2. The zero-order valence-electron chi connectivity index (χ0n) is 22.2. The summed E-state index contributed by atoms with van der Waals surface area (Å²) in [6.07, 6.45) is 3.29. The minimum Gasteiger partial charge on any atom is -0.444 e. The SMILES string of the molecule is CC(C)(C)OC(=O)N1CCC(n2ccc(CNc3cccc4c3C(=O)N(C3CCC(=O)NC3=O)C4=O)n2)CC1. The van der Waals surface area contributed by atoms with Crippen LogP contribution in [0.4, 0.5) is 10.5 Å². The lowest BCUT2D eigenvalue weighted by Gasteiger charge is -2.33. The number of aromatic nitrogens is 2. The Hall–Kier alpha value is -4.22. The molecule has 3 aliphatic heterocycles. The van der Waals surface area contributed by atoms with E-state index in [0.717, 1.165) is 23.4 Å². The number of imide groups is 2. The largest absolute Gasteiger partial charge is 0.444 e. The number of rotatable bonds is 5. The van der Waals surface area contributed by atoms with E-state index < -0.39 is 35.3 Å². The number of carbonyl (C=O) groups excluding carboxylic acids is 5. The van der Waals surface area contributed by atoms with Crippen LogP contribution in [-0.4, -0.2) is 74.0 Å². The summed E-state index contributed by atoms with van der Waals surface area (Å²) in [6, 6.07) is 5.98. The van der Waals surface area contributed by atoms with Gasteiger partial charge in [0.15, 0.2) is 0 Å². The highest BCUT2D eigenvalue weighted by Crippen LogP contribution is 2.32. The maximum absolute atomic E-state index is 13.3. The lowest BCUT2D eigenvalue weighted by Crippen LogP contribution is -2.54. The standard InChI is InChI=1S/C27H32N6O6/c1-27(2,3)39-26(38)31-12-10-17(11-13-31)32-14-9-16(30-32)15-28-19-6-4-5-18-22(19)25(37)33(24(18)36)20-7-8-21(34)29-23(20)35/h4-6,9,14,17,20,28H,7-8,10-13,15H2,1-3H3,(H,29,34,35). The molecule has 5 amide bonds. The van der Waals surface area contributed by atoms with Crippen LogP contribution in [-0.2, 0) is 20.9 Å². The topological polar surface area (TPSA) is 143 Å². The van der Waals surface area contributed by atoms with Crippen molar-refractivity contribution in [3.05, 3.63) is 47.3 Å². The molecule has 39 heavy (non-hydrogen) atoms. The number of fused-ring (bicyclic) bond motifs is 1. The average Bonchev–Trinajstić information content (AvgIpc) is 3.45. The monoisotopic (exact) mass is 536 g/mol. The molecule has 0 radical (unpaired) electrons. The van der Waals surface area contributed by atoms with Gasteiger partial charge in [0, 0.05) is 31.4 Å². The molecule has 5 rings (SSSR count). The second-order valence-corrected chi connectivity index (χ2v) is 11.0. The fourth-order valence-corrected chi connectivity index (χ4v) is 5.16. The Labute approximate surface area is 225 Å². The summed E-state index contributed by atoms with van der Waals surface area (Å²) in [7, 11) is 0. The third-order valence-corrected chi connectivity index (χ3v) is 7.08. The molecule has 12 nitrogen and oxygen atoms in total. The van der Waals surface area contributed by atoms with Crippen LogP contribution in [0.2, 0.25) is 0 Å². The minimum absolute atomic E-state index is 0.0671. The lowest BCUT2D eigenvalue weighted by atomic mass is 10.0. The quantitative estimate of drug-likeness (QED) is 0.555. The zero-order valence-corrected chi connectivity index (χ0v) is 22.2. The van der Waals surface area contributed by atoms with Crippen molar-refractivity contribution in [2.75, 3.05) is 18.4 Å². The van der Waals surface area contributed by atoms with E-state index in [9.17, 15) is 24.0 Å². The van der Waals surface area contributed by atoms with Crippen molar-refractivity contribution in [2.45, 2.75) is 70.7 Å². The molecule has 2 N–H and O–H groups in total. The minimum atomic E-state index is -1.01. The van der Waals surface area contributed by atoms with Gasteiger partial charge in [-0.1, -0.05) is 6.07 Å². The molecule has 2 fully saturated rings. The first-order valence-corrected chi connectivity index (χ1v) is 13.1.